The highest BCUT2D eigenvalue weighted by Crippen LogP contribution is 2.37. The molecular formula is C6H14NO2P. The SMILES string of the molecule is CCCCNP1OCCO1. The van der Waals surface area contributed by atoms with E-state index in [1.54, 1.807) is 0 Å². The lowest BCUT2D eigenvalue weighted by Gasteiger charge is -2.07. The van der Waals surface area contributed by atoms with Crippen LogP contribution in [0.5, 0.6) is 0 Å². The lowest BCUT2D eigenvalue weighted by molar-refractivity contribution is 0.365. The van der Waals surface area contributed by atoms with E-state index in [1.807, 2.05) is 0 Å². The fourth-order valence-corrected chi connectivity index (χ4v) is 1.79. The minimum absolute atomic E-state index is 0.707. The Labute approximate surface area is 63.1 Å². The molecule has 0 atom stereocenters. The van der Waals surface area contributed by atoms with Crippen LogP contribution in [0.3, 0.4) is 0 Å². The fraction of sp³-hybridized carbons (Fsp3) is 1.00. The first-order valence-electron chi connectivity index (χ1n) is 3.73. The molecule has 10 heavy (non-hydrogen) atoms. The van der Waals surface area contributed by atoms with Crippen molar-refractivity contribution in [1.29, 1.82) is 0 Å². The van der Waals surface area contributed by atoms with E-state index < -0.39 is 8.53 Å². The second kappa shape index (κ2) is 5.03. The summed E-state index contributed by atoms with van der Waals surface area (Å²) in [6.45, 7) is 4.70. The zero-order valence-electron chi connectivity index (χ0n) is 6.30. The Kier molecular flexibility index (Phi) is 4.23. The van der Waals surface area contributed by atoms with E-state index in [-0.39, 0.29) is 0 Å². The molecule has 0 spiro atoms. The van der Waals surface area contributed by atoms with E-state index in [4.69, 9.17) is 9.05 Å². The van der Waals surface area contributed by atoms with Crippen molar-refractivity contribution < 1.29 is 9.05 Å². The zero-order chi connectivity index (χ0) is 7.23. The third-order valence-electron chi connectivity index (χ3n) is 1.27. The third kappa shape index (κ3) is 2.93. The van der Waals surface area contributed by atoms with Crippen LogP contribution >= 0.6 is 8.53 Å². The van der Waals surface area contributed by atoms with Gasteiger partial charge in [-0.05, 0) is 6.42 Å². The van der Waals surface area contributed by atoms with Crippen molar-refractivity contribution in [1.82, 2.24) is 5.09 Å². The van der Waals surface area contributed by atoms with Gasteiger partial charge in [0.15, 0.2) is 0 Å². The smallest absolute Gasteiger partial charge is 0.255 e. The van der Waals surface area contributed by atoms with Crippen LogP contribution < -0.4 is 5.09 Å². The van der Waals surface area contributed by atoms with Crippen LogP contribution in [0.1, 0.15) is 19.8 Å². The molecule has 0 aromatic carbocycles. The average Bonchev–Trinajstić information content (AvgIpc) is 2.41. The fourth-order valence-electron chi connectivity index (χ4n) is 0.716. The van der Waals surface area contributed by atoms with E-state index in [0.29, 0.717) is 0 Å². The molecule has 1 saturated heterocycles. The summed E-state index contributed by atoms with van der Waals surface area (Å²) < 4.78 is 10.5. The van der Waals surface area contributed by atoms with Crippen LogP contribution in [0, 0.1) is 0 Å². The highest BCUT2D eigenvalue weighted by atomic mass is 31.2. The van der Waals surface area contributed by atoms with E-state index in [2.05, 4.69) is 12.0 Å². The topological polar surface area (TPSA) is 30.5 Å². The molecule has 1 N–H and O–H groups in total. The third-order valence-corrected chi connectivity index (χ3v) is 2.59. The average molecular weight is 163 g/mol. The first-order chi connectivity index (χ1) is 4.93. The lowest BCUT2D eigenvalue weighted by atomic mass is 10.3. The van der Waals surface area contributed by atoms with Gasteiger partial charge in [0, 0.05) is 6.54 Å². The summed E-state index contributed by atoms with van der Waals surface area (Å²) in [5, 5.41) is 3.20. The Balaban J connectivity index is 1.91. The molecule has 0 aromatic heterocycles. The quantitative estimate of drug-likeness (QED) is 0.505. The van der Waals surface area contributed by atoms with Gasteiger partial charge in [0.05, 0.1) is 13.2 Å². The summed E-state index contributed by atoms with van der Waals surface area (Å²) in [5.41, 5.74) is 0. The monoisotopic (exact) mass is 163 g/mol. The Morgan fingerprint density at radius 1 is 1.40 bits per heavy atom. The Bertz CT molecular complexity index is 85.8. The molecule has 0 amide bonds. The maximum Gasteiger partial charge on any atom is 0.255 e. The predicted octanol–water partition coefficient (Wildman–Crippen LogP) is 1.65. The van der Waals surface area contributed by atoms with Crippen molar-refractivity contribution in [2.45, 2.75) is 19.8 Å². The van der Waals surface area contributed by atoms with Gasteiger partial charge in [-0.2, -0.15) is 0 Å². The van der Waals surface area contributed by atoms with E-state index in [9.17, 15) is 0 Å². The maximum absolute atomic E-state index is 5.23. The molecule has 60 valence electrons. The van der Waals surface area contributed by atoms with Gasteiger partial charge in [-0.3, -0.25) is 5.09 Å². The summed E-state index contributed by atoms with van der Waals surface area (Å²) in [4.78, 5) is 0. The van der Waals surface area contributed by atoms with Crippen molar-refractivity contribution in [2.75, 3.05) is 19.8 Å². The van der Waals surface area contributed by atoms with Crippen molar-refractivity contribution >= 4 is 8.53 Å². The predicted molar refractivity (Wildman–Crippen MR) is 41.7 cm³/mol. The molecule has 0 aliphatic carbocycles. The molecule has 3 nitrogen and oxygen atoms in total. The van der Waals surface area contributed by atoms with Gasteiger partial charge in [-0.1, -0.05) is 13.3 Å². The van der Waals surface area contributed by atoms with Gasteiger partial charge in [0.25, 0.3) is 8.53 Å². The maximum atomic E-state index is 5.23. The molecule has 1 aliphatic heterocycles. The standard InChI is InChI=1S/C6H14NO2P/c1-2-3-4-7-10-8-5-6-9-10/h7H,2-6H2,1H3. The molecule has 4 heteroatoms. The second-order valence-corrected chi connectivity index (χ2v) is 3.53. The molecule has 0 aromatic rings. The molecule has 1 aliphatic rings. The highest BCUT2D eigenvalue weighted by molar-refractivity contribution is 7.45. The van der Waals surface area contributed by atoms with Crippen molar-refractivity contribution in [3.05, 3.63) is 0 Å². The normalized spacial score (nSPS) is 20.1. The first-order valence-corrected chi connectivity index (χ1v) is 4.90. The minimum atomic E-state index is -0.707. The van der Waals surface area contributed by atoms with Gasteiger partial charge in [0.1, 0.15) is 0 Å². The van der Waals surface area contributed by atoms with Crippen LogP contribution in [0.25, 0.3) is 0 Å². The van der Waals surface area contributed by atoms with Gasteiger partial charge < -0.3 is 9.05 Å². The lowest BCUT2D eigenvalue weighted by Crippen LogP contribution is -2.07. The van der Waals surface area contributed by atoms with Crippen molar-refractivity contribution in [3.63, 3.8) is 0 Å². The largest absolute Gasteiger partial charge is 0.320 e. The van der Waals surface area contributed by atoms with Gasteiger partial charge >= 0.3 is 0 Å². The molecule has 0 saturated carbocycles. The summed E-state index contributed by atoms with van der Waals surface area (Å²) in [6.07, 6.45) is 2.42. The first kappa shape index (κ1) is 8.41. The summed E-state index contributed by atoms with van der Waals surface area (Å²) in [5.74, 6) is 0. The van der Waals surface area contributed by atoms with Gasteiger partial charge in [-0.15, -0.1) is 0 Å². The minimum Gasteiger partial charge on any atom is -0.320 e. The number of nitrogens with one attached hydrogen (secondary N) is 1. The second-order valence-electron chi connectivity index (χ2n) is 2.19. The number of hydrogen-bond donors (Lipinski definition) is 1. The number of unbranched alkanes of at least 4 members (excludes halogenated alkanes) is 1. The van der Waals surface area contributed by atoms with Crippen LogP contribution in [0.15, 0.2) is 0 Å². The Morgan fingerprint density at radius 2 is 2.10 bits per heavy atom. The molecular weight excluding hydrogens is 149 g/mol. The Hall–Kier alpha value is 0.310. The van der Waals surface area contributed by atoms with Gasteiger partial charge in [0.2, 0.25) is 0 Å². The number of rotatable bonds is 4. The zero-order valence-corrected chi connectivity index (χ0v) is 7.19. The van der Waals surface area contributed by atoms with Crippen LogP contribution in [0.4, 0.5) is 0 Å². The summed E-state index contributed by atoms with van der Waals surface area (Å²) in [7, 11) is -0.707. The summed E-state index contributed by atoms with van der Waals surface area (Å²) >= 11 is 0. The van der Waals surface area contributed by atoms with Gasteiger partial charge in [-0.25, -0.2) is 0 Å². The van der Waals surface area contributed by atoms with Crippen LogP contribution in [-0.2, 0) is 9.05 Å². The Morgan fingerprint density at radius 3 is 2.70 bits per heavy atom. The number of hydrogen-bond acceptors (Lipinski definition) is 3. The van der Waals surface area contributed by atoms with Crippen molar-refractivity contribution in [3.8, 4) is 0 Å². The van der Waals surface area contributed by atoms with E-state index in [0.717, 1.165) is 19.8 Å². The van der Waals surface area contributed by atoms with Crippen LogP contribution in [-0.4, -0.2) is 19.8 Å². The molecule has 1 heterocycles. The molecule has 1 fully saturated rings. The molecule has 0 bridgehead atoms. The van der Waals surface area contributed by atoms with Crippen molar-refractivity contribution in [2.24, 2.45) is 0 Å². The van der Waals surface area contributed by atoms with E-state index in [1.165, 1.54) is 12.8 Å². The molecule has 0 unspecified atom stereocenters. The molecule has 1 rings (SSSR count). The highest BCUT2D eigenvalue weighted by Gasteiger charge is 2.15. The summed E-state index contributed by atoms with van der Waals surface area (Å²) in [6, 6.07) is 0. The van der Waals surface area contributed by atoms with Crippen LogP contribution in [0.2, 0.25) is 0 Å². The van der Waals surface area contributed by atoms with E-state index >= 15 is 0 Å². The molecule has 0 radical (unpaired) electrons.